The van der Waals surface area contributed by atoms with E-state index in [1.807, 2.05) is 24.3 Å². The van der Waals surface area contributed by atoms with Crippen LogP contribution in [0.3, 0.4) is 0 Å². The van der Waals surface area contributed by atoms with Crippen LogP contribution in [0.2, 0.25) is 0 Å². The molecule has 1 aliphatic carbocycles. The molecule has 0 spiro atoms. The predicted molar refractivity (Wildman–Crippen MR) is 97.6 cm³/mol. The number of rotatable bonds is 3. The number of hydrogen-bond donors (Lipinski definition) is 0. The third kappa shape index (κ3) is 3.20. The lowest BCUT2D eigenvalue weighted by Gasteiger charge is -2.30. The fraction of sp³-hybridized carbons (Fsp3) is 0.273. The first kappa shape index (κ1) is 16.0. The second kappa shape index (κ2) is 6.77. The highest BCUT2D eigenvalue weighted by atomic mass is 16.2. The number of Topliss-reactive ketones (excluding diaryl/α,β-unsaturated/α-hetero) is 2. The van der Waals surface area contributed by atoms with Gasteiger partial charge < -0.3 is 0 Å². The van der Waals surface area contributed by atoms with Crippen molar-refractivity contribution in [1.82, 2.24) is 4.90 Å². The number of piperidine rings is 1. The third-order valence-corrected chi connectivity index (χ3v) is 5.19. The third-order valence-electron chi connectivity index (χ3n) is 5.19. The lowest BCUT2D eigenvalue weighted by Crippen LogP contribution is -2.32. The topological polar surface area (TPSA) is 37.4 Å². The van der Waals surface area contributed by atoms with E-state index in [9.17, 15) is 9.59 Å². The van der Waals surface area contributed by atoms with Gasteiger partial charge in [-0.1, -0.05) is 60.7 Å². The Labute approximate surface area is 148 Å². The summed E-state index contributed by atoms with van der Waals surface area (Å²) in [5.41, 5.74) is 2.82. The molecule has 0 N–H and O–H groups in total. The Morgan fingerprint density at radius 1 is 0.840 bits per heavy atom. The number of hydrogen-bond acceptors (Lipinski definition) is 3. The Balaban J connectivity index is 1.41. The normalized spacial score (nSPS) is 18.5. The number of carbonyl (C=O) groups excluding carboxylic acids is 2. The van der Waals surface area contributed by atoms with Crippen molar-refractivity contribution in [2.24, 2.45) is 5.92 Å². The van der Waals surface area contributed by atoms with Crippen LogP contribution in [0.1, 0.15) is 39.1 Å². The molecule has 126 valence electrons. The van der Waals surface area contributed by atoms with Gasteiger partial charge in [-0.2, -0.15) is 0 Å². The number of benzene rings is 2. The maximum absolute atomic E-state index is 12.5. The van der Waals surface area contributed by atoms with Gasteiger partial charge in [-0.05, 0) is 37.4 Å². The summed E-state index contributed by atoms with van der Waals surface area (Å²) in [5.74, 6) is 0.101. The number of likely N-dealkylation sites (tertiary alicyclic amines) is 1. The van der Waals surface area contributed by atoms with Gasteiger partial charge in [-0.3, -0.25) is 14.5 Å². The van der Waals surface area contributed by atoms with E-state index < -0.39 is 0 Å². The van der Waals surface area contributed by atoms with Crippen LogP contribution < -0.4 is 0 Å². The van der Waals surface area contributed by atoms with Crippen molar-refractivity contribution >= 4 is 11.6 Å². The summed E-state index contributed by atoms with van der Waals surface area (Å²) in [6.45, 7) is 2.96. The zero-order chi connectivity index (χ0) is 17.2. The fourth-order valence-electron chi connectivity index (χ4n) is 3.78. The van der Waals surface area contributed by atoms with E-state index in [0.29, 0.717) is 22.6 Å². The molecular formula is C22H21NO2. The molecule has 2 aliphatic rings. The predicted octanol–water partition coefficient (Wildman–Crippen LogP) is 3.90. The molecule has 1 heterocycles. The average molecular weight is 331 g/mol. The average Bonchev–Trinajstić information content (AvgIpc) is 2.89. The summed E-state index contributed by atoms with van der Waals surface area (Å²) < 4.78 is 0. The first-order valence-electron chi connectivity index (χ1n) is 8.89. The highest BCUT2D eigenvalue weighted by molar-refractivity contribution is 6.39. The van der Waals surface area contributed by atoms with E-state index in [1.165, 1.54) is 5.56 Å². The van der Waals surface area contributed by atoms with E-state index in [0.717, 1.165) is 32.5 Å². The molecule has 1 saturated heterocycles. The molecule has 3 heteroatoms. The molecule has 0 aromatic heterocycles. The molecule has 0 amide bonds. The Morgan fingerprint density at radius 2 is 1.40 bits per heavy atom. The van der Waals surface area contributed by atoms with Crippen LogP contribution in [0.5, 0.6) is 0 Å². The van der Waals surface area contributed by atoms with Crippen molar-refractivity contribution in [1.29, 1.82) is 0 Å². The van der Waals surface area contributed by atoms with Crippen molar-refractivity contribution in [2.45, 2.75) is 19.4 Å². The Morgan fingerprint density at radius 3 is 2.00 bits per heavy atom. The second-order valence-electron chi connectivity index (χ2n) is 6.88. The van der Waals surface area contributed by atoms with Crippen LogP contribution in [-0.4, -0.2) is 29.6 Å². The van der Waals surface area contributed by atoms with Crippen molar-refractivity contribution in [3.63, 3.8) is 0 Å². The van der Waals surface area contributed by atoms with Crippen molar-refractivity contribution in [3.8, 4) is 0 Å². The van der Waals surface area contributed by atoms with Gasteiger partial charge in [0.25, 0.3) is 0 Å². The summed E-state index contributed by atoms with van der Waals surface area (Å²) in [6.07, 6.45) is 3.92. The van der Waals surface area contributed by atoms with Crippen LogP contribution in [0.4, 0.5) is 0 Å². The number of fused-ring (bicyclic) bond motifs is 1. The van der Waals surface area contributed by atoms with Crippen LogP contribution in [0.25, 0.3) is 0 Å². The van der Waals surface area contributed by atoms with Crippen LogP contribution >= 0.6 is 0 Å². The monoisotopic (exact) mass is 331 g/mol. The van der Waals surface area contributed by atoms with Gasteiger partial charge in [0.15, 0.2) is 11.6 Å². The highest BCUT2D eigenvalue weighted by Crippen LogP contribution is 2.29. The number of nitrogens with zero attached hydrogens (tertiary/aromatic N) is 1. The number of allylic oxidation sites excluding steroid dienone is 2. The maximum Gasteiger partial charge on any atom is 0.197 e. The molecule has 25 heavy (non-hydrogen) atoms. The molecule has 0 saturated carbocycles. The first-order chi connectivity index (χ1) is 12.2. The van der Waals surface area contributed by atoms with Gasteiger partial charge in [0, 0.05) is 17.7 Å². The summed E-state index contributed by atoms with van der Waals surface area (Å²) in [7, 11) is 0. The minimum Gasteiger partial charge on any atom is -0.299 e. The minimum absolute atomic E-state index is 0.104. The smallest absolute Gasteiger partial charge is 0.197 e. The quantitative estimate of drug-likeness (QED) is 0.632. The molecular weight excluding hydrogens is 310 g/mol. The van der Waals surface area contributed by atoms with Gasteiger partial charge in [0.1, 0.15) is 0 Å². The molecule has 0 radical (unpaired) electrons. The Kier molecular flexibility index (Phi) is 4.33. The lowest BCUT2D eigenvalue weighted by molar-refractivity contribution is 0.0986. The van der Waals surface area contributed by atoms with Crippen molar-refractivity contribution in [2.75, 3.05) is 13.1 Å². The summed E-state index contributed by atoms with van der Waals surface area (Å²) in [6, 6.07) is 17.6. The summed E-state index contributed by atoms with van der Waals surface area (Å²) in [4.78, 5) is 27.4. The number of ketones is 2. The Hall–Kier alpha value is -2.52. The van der Waals surface area contributed by atoms with Gasteiger partial charge in [-0.25, -0.2) is 0 Å². The zero-order valence-electron chi connectivity index (χ0n) is 14.2. The Bertz CT molecular complexity index is 793. The van der Waals surface area contributed by atoms with Gasteiger partial charge >= 0.3 is 0 Å². The van der Waals surface area contributed by atoms with Crippen molar-refractivity contribution < 1.29 is 9.59 Å². The molecule has 3 nitrogen and oxygen atoms in total. The van der Waals surface area contributed by atoms with Crippen LogP contribution in [-0.2, 0) is 6.54 Å². The van der Waals surface area contributed by atoms with E-state index in [-0.39, 0.29) is 11.6 Å². The molecule has 1 aliphatic heterocycles. The van der Waals surface area contributed by atoms with Crippen molar-refractivity contribution in [3.05, 3.63) is 82.9 Å². The highest BCUT2D eigenvalue weighted by Gasteiger charge is 2.33. The molecule has 1 fully saturated rings. The van der Waals surface area contributed by atoms with Crippen LogP contribution in [0.15, 0.2) is 66.2 Å². The summed E-state index contributed by atoms with van der Waals surface area (Å²) in [5, 5.41) is 0. The largest absolute Gasteiger partial charge is 0.299 e. The number of carbonyl (C=O) groups is 2. The second-order valence-corrected chi connectivity index (χ2v) is 6.88. The van der Waals surface area contributed by atoms with Gasteiger partial charge in [0.2, 0.25) is 0 Å². The molecule has 0 unspecified atom stereocenters. The molecule has 0 bridgehead atoms. The van der Waals surface area contributed by atoms with E-state index in [1.54, 1.807) is 12.1 Å². The van der Waals surface area contributed by atoms with Gasteiger partial charge in [0.05, 0.1) is 5.57 Å². The standard InChI is InChI=1S/C22H21NO2/c24-21-18-8-4-5-9-19(18)22(25)20(21)14-16-10-12-23(13-11-16)15-17-6-2-1-3-7-17/h1-9,14,16H,10-13,15H2. The molecule has 2 aromatic carbocycles. The minimum atomic E-state index is -0.104. The van der Waals surface area contributed by atoms with E-state index in [2.05, 4.69) is 29.2 Å². The summed E-state index contributed by atoms with van der Waals surface area (Å²) >= 11 is 0. The van der Waals surface area contributed by atoms with Gasteiger partial charge in [-0.15, -0.1) is 0 Å². The fourth-order valence-corrected chi connectivity index (χ4v) is 3.78. The zero-order valence-corrected chi connectivity index (χ0v) is 14.2. The maximum atomic E-state index is 12.5. The first-order valence-corrected chi connectivity index (χ1v) is 8.89. The SMILES string of the molecule is O=C1C(=CC2CCN(Cc3ccccc3)CC2)C(=O)c2ccccc21. The molecule has 0 atom stereocenters. The lowest BCUT2D eigenvalue weighted by atomic mass is 9.93. The van der Waals surface area contributed by atoms with Crippen LogP contribution in [0, 0.1) is 5.92 Å². The molecule has 2 aromatic rings. The molecule has 4 rings (SSSR count). The van der Waals surface area contributed by atoms with E-state index >= 15 is 0 Å². The van der Waals surface area contributed by atoms with E-state index in [4.69, 9.17) is 0 Å².